The summed E-state index contributed by atoms with van der Waals surface area (Å²) in [7, 11) is -2.23. The Morgan fingerprint density at radius 3 is 2.16 bits per heavy atom. The maximum atomic E-state index is 12.6. The van der Waals surface area contributed by atoms with Gasteiger partial charge in [0.15, 0.2) is 6.61 Å². The third-order valence-electron chi connectivity index (χ3n) is 4.27. The van der Waals surface area contributed by atoms with Gasteiger partial charge in [0.05, 0.1) is 18.6 Å². The molecule has 9 heteroatoms. The first-order valence-electron chi connectivity index (χ1n) is 9.82. The molecule has 168 valence electrons. The fourth-order valence-corrected chi connectivity index (χ4v) is 3.82. The normalized spacial score (nSPS) is 10.8. The molecule has 0 spiro atoms. The summed E-state index contributed by atoms with van der Waals surface area (Å²) in [6.45, 7) is 2.17. The molecule has 0 saturated carbocycles. The summed E-state index contributed by atoms with van der Waals surface area (Å²) in [6.07, 6.45) is 0. The predicted octanol–water partition coefficient (Wildman–Crippen LogP) is 3.91. The molecule has 8 nitrogen and oxygen atoms in total. The van der Waals surface area contributed by atoms with Gasteiger partial charge in [0.2, 0.25) is 0 Å². The average Bonchev–Trinajstić information content (AvgIpc) is 2.79. The molecule has 3 aromatic rings. The number of methoxy groups -OCH3 is 1. The molecule has 0 saturated heterocycles. The van der Waals surface area contributed by atoms with E-state index < -0.39 is 10.0 Å². The predicted molar refractivity (Wildman–Crippen MR) is 122 cm³/mol. The van der Waals surface area contributed by atoms with Gasteiger partial charge in [-0.05, 0) is 67.6 Å². The van der Waals surface area contributed by atoms with E-state index in [-0.39, 0.29) is 17.4 Å². The third-order valence-corrected chi connectivity index (χ3v) is 5.67. The molecule has 3 rings (SSSR count). The molecular weight excluding hydrogens is 432 g/mol. The largest absolute Gasteiger partial charge is 0.497 e. The molecule has 0 aliphatic heterocycles. The van der Waals surface area contributed by atoms with Crippen molar-refractivity contribution in [2.45, 2.75) is 11.8 Å². The lowest BCUT2D eigenvalue weighted by atomic mass is 10.3. The lowest BCUT2D eigenvalue weighted by Crippen LogP contribution is -2.20. The number of hydrogen-bond donors (Lipinski definition) is 2. The van der Waals surface area contributed by atoms with Gasteiger partial charge in [-0.3, -0.25) is 9.52 Å². The van der Waals surface area contributed by atoms with Gasteiger partial charge in [-0.2, -0.15) is 0 Å². The minimum atomic E-state index is -3.77. The van der Waals surface area contributed by atoms with E-state index in [0.29, 0.717) is 35.2 Å². The lowest BCUT2D eigenvalue weighted by molar-refractivity contribution is -0.118. The van der Waals surface area contributed by atoms with E-state index in [1.807, 2.05) is 6.92 Å². The van der Waals surface area contributed by atoms with Crippen LogP contribution in [0.2, 0.25) is 0 Å². The van der Waals surface area contributed by atoms with Crippen molar-refractivity contribution < 1.29 is 27.4 Å². The van der Waals surface area contributed by atoms with E-state index in [9.17, 15) is 13.2 Å². The molecule has 0 atom stereocenters. The van der Waals surface area contributed by atoms with E-state index in [4.69, 9.17) is 14.2 Å². The Bertz CT molecular complexity index is 1150. The molecule has 3 aromatic carbocycles. The molecular formula is C23H24N2O6S. The van der Waals surface area contributed by atoms with Crippen molar-refractivity contribution in [3.63, 3.8) is 0 Å². The summed E-state index contributed by atoms with van der Waals surface area (Å²) in [4.78, 5) is 12.2. The SMILES string of the molecule is CCOc1ccc(NS(=O)(=O)c2ccc(OCC(=O)Nc3cccc(OC)c3)cc2)cc1. The number of sulfonamides is 1. The first kappa shape index (κ1) is 23.0. The number of nitrogens with one attached hydrogen (secondary N) is 2. The van der Waals surface area contributed by atoms with Gasteiger partial charge in [-0.15, -0.1) is 0 Å². The summed E-state index contributed by atoms with van der Waals surface area (Å²) < 4.78 is 43.6. The molecule has 32 heavy (non-hydrogen) atoms. The van der Waals surface area contributed by atoms with Crippen molar-refractivity contribution >= 4 is 27.3 Å². The van der Waals surface area contributed by atoms with Crippen LogP contribution in [0.25, 0.3) is 0 Å². The molecule has 1 amide bonds. The van der Waals surface area contributed by atoms with Gasteiger partial charge in [0.25, 0.3) is 15.9 Å². The molecule has 0 aliphatic carbocycles. The molecule has 0 radical (unpaired) electrons. The highest BCUT2D eigenvalue weighted by molar-refractivity contribution is 7.92. The van der Waals surface area contributed by atoms with Crippen LogP contribution in [0.5, 0.6) is 17.2 Å². The van der Waals surface area contributed by atoms with Crippen LogP contribution in [0, 0.1) is 0 Å². The molecule has 2 N–H and O–H groups in total. The minimum absolute atomic E-state index is 0.0690. The van der Waals surface area contributed by atoms with Crippen LogP contribution in [0.1, 0.15) is 6.92 Å². The minimum Gasteiger partial charge on any atom is -0.497 e. The molecule has 0 heterocycles. The first-order valence-corrected chi connectivity index (χ1v) is 11.3. The molecule has 0 bridgehead atoms. The van der Waals surface area contributed by atoms with Crippen LogP contribution in [-0.4, -0.2) is 34.6 Å². The van der Waals surface area contributed by atoms with Crippen LogP contribution in [-0.2, 0) is 14.8 Å². The monoisotopic (exact) mass is 456 g/mol. The van der Waals surface area contributed by atoms with Crippen molar-refractivity contribution in [3.05, 3.63) is 72.8 Å². The van der Waals surface area contributed by atoms with Gasteiger partial charge in [0.1, 0.15) is 17.2 Å². The van der Waals surface area contributed by atoms with Gasteiger partial charge in [-0.1, -0.05) is 6.07 Å². The number of ether oxygens (including phenoxy) is 3. The Labute approximate surface area is 187 Å². The second kappa shape index (κ2) is 10.5. The Balaban J connectivity index is 1.55. The van der Waals surface area contributed by atoms with Crippen molar-refractivity contribution in [1.29, 1.82) is 0 Å². The highest BCUT2D eigenvalue weighted by Crippen LogP contribution is 2.22. The number of rotatable bonds is 10. The Kier molecular flexibility index (Phi) is 7.56. The third kappa shape index (κ3) is 6.39. The first-order chi connectivity index (χ1) is 15.4. The second-order valence-electron chi connectivity index (χ2n) is 6.60. The second-order valence-corrected chi connectivity index (χ2v) is 8.29. The Morgan fingerprint density at radius 2 is 1.50 bits per heavy atom. The number of carbonyl (C=O) groups is 1. The van der Waals surface area contributed by atoms with Crippen molar-refractivity contribution in [3.8, 4) is 17.2 Å². The van der Waals surface area contributed by atoms with Crippen LogP contribution >= 0.6 is 0 Å². The van der Waals surface area contributed by atoms with E-state index in [0.717, 1.165) is 0 Å². The van der Waals surface area contributed by atoms with Crippen LogP contribution in [0.15, 0.2) is 77.7 Å². The molecule has 0 aliphatic rings. The van der Waals surface area contributed by atoms with Crippen LogP contribution in [0.4, 0.5) is 11.4 Å². The fourth-order valence-electron chi connectivity index (χ4n) is 2.76. The molecule has 0 aromatic heterocycles. The van der Waals surface area contributed by atoms with Crippen molar-refractivity contribution in [2.75, 3.05) is 30.4 Å². The van der Waals surface area contributed by atoms with Crippen LogP contribution < -0.4 is 24.2 Å². The zero-order valence-corrected chi connectivity index (χ0v) is 18.5. The zero-order valence-electron chi connectivity index (χ0n) is 17.7. The zero-order chi connectivity index (χ0) is 23.0. The van der Waals surface area contributed by atoms with Crippen LogP contribution in [0.3, 0.4) is 0 Å². The highest BCUT2D eigenvalue weighted by atomic mass is 32.2. The van der Waals surface area contributed by atoms with E-state index in [1.54, 1.807) is 55.6 Å². The maximum Gasteiger partial charge on any atom is 0.262 e. The smallest absolute Gasteiger partial charge is 0.262 e. The molecule has 0 unspecified atom stereocenters. The quantitative estimate of drug-likeness (QED) is 0.479. The lowest BCUT2D eigenvalue weighted by Gasteiger charge is -2.11. The number of hydrogen-bond acceptors (Lipinski definition) is 6. The number of amides is 1. The topological polar surface area (TPSA) is 103 Å². The van der Waals surface area contributed by atoms with Gasteiger partial charge < -0.3 is 19.5 Å². The van der Waals surface area contributed by atoms with E-state index >= 15 is 0 Å². The fraction of sp³-hybridized carbons (Fsp3) is 0.174. The summed E-state index contributed by atoms with van der Waals surface area (Å²) >= 11 is 0. The standard InChI is InChI=1S/C23H24N2O6S/c1-3-30-19-9-7-17(8-10-19)25-32(27,28)22-13-11-20(12-14-22)31-16-23(26)24-18-5-4-6-21(15-18)29-2/h4-15,25H,3,16H2,1-2H3,(H,24,26). The number of benzene rings is 3. The Hall–Kier alpha value is -3.72. The number of carbonyl (C=O) groups excluding carboxylic acids is 1. The Morgan fingerprint density at radius 1 is 0.844 bits per heavy atom. The van der Waals surface area contributed by atoms with E-state index in [1.165, 1.54) is 24.3 Å². The average molecular weight is 457 g/mol. The van der Waals surface area contributed by atoms with Crippen molar-refractivity contribution in [2.24, 2.45) is 0 Å². The summed E-state index contributed by atoms with van der Waals surface area (Å²) in [5, 5.41) is 2.70. The van der Waals surface area contributed by atoms with E-state index in [2.05, 4.69) is 10.0 Å². The number of anilines is 2. The summed E-state index contributed by atoms with van der Waals surface area (Å²) in [5.41, 5.74) is 1.00. The molecule has 0 fully saturated rings. The highest BCUT2D eigenvalue weighted by Gasteiger charge is 2.14. The van der Waals surface area contributed by atoms with Gasteiger partial charge >= 0.3 is 0 Å². The van der Waals surface area contributed by atoms with Crippen molar-refractivity contribution in [1.82, 2.24) is 0 Å². The van der Waals surface area contributed by atoms with Gasteiger partial charge in [-0.25, -0.2) is 8.42 Å². The summed E-state index contributed by atoms with van der Waals surface area (Å²) in [6, 6.07) is 19.4. The van der Waals surface area contributed by atoms with Gasteiger partial charge in [0, 0.05) is 17.4 Å². The summed E-state index contributed by atoms with van der Waals surface area (Å²) in [5.74, 6) is 1.30. The maximum absolute atomic E-state index is 12.6.